The number of carbonyl (C=O) groups is 6. The number of aldehydes is 2. The van der Waals surface area contributed by atoms with E-state index in [4.69, 9.17) is 33.1 Å². The smallest absolute Gasteiger partial charge is 0.312 e. The molecule has 0 saturated carbocycles. The number of carbonyl (C=O) groups excluding carboxylic acids is 6. The van der Waals surface area contributed by atoms with E-state index in [-0.39, 0.29) is 62.0 Å². The van der Waals surface area contributed by atoms with Crippen LogP contribution in [0.4, 0.5) is 11.4 Å². The first-order valence-electron chi connectivity index (χ1n) is 24.9. The first kappa shape index (κ1) is 56.0. The van der Waals surface area contributed by atoms with Crippen molar-refractivity contribution >= 4 is 69.4 Å². The van der Waals surface area contributed by atoms with Crippen LogP contribution < -0.4 is 20.4 Å². The molecule has 406 valence electrons. The van der Waals surface area contributed by atoms with Crippen molar-refractivity contribution in [2.75, 3.05) is 43.2 Å². The minimum Gasteiger partial charge on any atom is -0.507 e. The number of piperazine rings is 1. The molecule has 8 rings (SSSR count). The fourth-order valence-corrected chi connectivity index (χ4v) is 9.77. The molecule has 1 fully saturated rings. The Labute approximate surface area is 437 Å². The van der Waals surface area contributed by atoms with Gasteiger partial charge in [0, 0.05) is 92.1 Å². The summed E-state index contributed by atoms with van der Waals surface area (Å²) in [7, 11) is 0. The van der Waals surface area contributed by atoms with Crippen LogP contribution in [0.1, 0.15) is 77.7 Å². The lowest BCUT2D eigenvalue weighted by Crippen LogP contribution is -2.46. The van der Waals surface area contributed by atoms with Crippen molar-refractivity contribution in [1.82, 2.24) is 9.88 Å². The average molecular weight is 1050 g/mol. The van der Waals surface area contributed by atoms with Gasteiger partial charge in [0.2, 0.25) is 12.2 Å². The molecule has 2 aromatic carbocycles. The summed E-state index contributed by atoms with van der Waals surface area (Å²) in [4.78, 5) is 98.6. The number of aliphatic hydroxyl groups excluding tert-OH is 2. The van der Waals surface area contributed by atoms with Crippen LogP contribution in [0.15, 0.2) is 69.9 Å². The minimum atomic E-state index is -2.08. The Morgan fingerprint density at radius 1 is 0.934 bits per heavy atom. The molecule has 0 aromatic heterocycles. The third kappa shape index (κ3) is 11.0. The molecule has 21 nitrogen and oxygen atoms in total. The van der Waals surface area contributed by atoms with Gasteiger partial charge in [0.15, 0.2) is 17.2 Å². The molecule has 5 bridgehead atoms. The highest BCUT2D eigenvalue weighted by Crippen LogP contribution is 2.51. The molecule has 21 heteroatoms. The SMILES string of the molecule is C=C(OCOC(=O)CC(C=O)C=O)N1CCN(c2cc(O)c3nc4c5c6c7c(C)c(O)c5c(=O)c(c-4oc3c2)NC(=O)/C(C)=C\C=C\[C@H](C)[C@H](O)[C@@H](C)[C@@H](O)[C@@H](C)[C@H](OC(C)=O)[C@H](C)[C@@H](C)/C=C/O[C@@](C)(O7)C6=O)CC1. The van der Waals surface area contributed by atoms with Gasteiger partial charge < -0.3 is 73.2 Å². The van der Waals surface area contributed by atoms with E-state index in [0.29, 0.717) is 44.4 Å². The normalized spacial score (nSPS) is 27.1. The number of aromatic hydroxyl groups is 2. The third-order valence-electron chi connectivity index (χ3n) is 14.8. The van der Waals surface area contributed by atoms with Crippen molar-refractivity contribution in [3.05, 3.63) is 82.1 Å². The maximum Gasteiger partial charge on any atom is 0.312 e. The fraction of sp³-hybridized carbons (Fsp3) is 0.455. The second-order valence-electron chi connectivity index (χ2n) is 20.0. The Kier molecular flexibility index (Phi) is 16.6. The van der Waals surface area contributed by atoms with Crippen molar-refractivity contribution in [2.45, 2.75) is 92.8 Å². The summed E-state index contributed by atoms with van der Waals surface area (Å²) in [5.74, 6) is -10.1. The van der Waals surface area contributed by atoms with E-state index in [1.165, 1.54) is 46.1 Å². The lowest BCUT2D eigenvalue weighted by molar-refractivity contribution is -0.158. The molecule has 0 radical (unpaired) electrons. The highest BCUT2D eigenvalue weighted by molar-refractivity contribution is 6.22. The number of amides is 1. The van der Waals surface area contributed by atoms with Crippen molar-refractivity contribution in [3.63, 3.8) is 0 Å². The highest BCUT2D eigenvalue weighted by Gasteiger charge is 2.50. The minimum absolute atomic E-state index is 0.000610. The van der Waals surface area contributed by atoms with Gasteiger partial charge in [-0.25, -0.2) is 4.98 Å². The van der Waals surface area contributed by atoms with Crippen molar-refractivity contribution in [1.29, 1.82) is 0 Å². The van der Waals surface area contributed by atoms with Gasteiger partial charge in [-0.15, -0.1) is 0 Å². The number of Topliss-reactive ketones (excluding diaryl/α,β-unsaturated/α-hetero) is 1. The number of hydrogen-bond donors (Lipinski definition) is 5. The number of nitrogens with one attached hydrogen (secondary N) is 1. The molecule has 1 saturated heterocycles. The fourth-order valence-electron chi connectivity index (χ4n) is 9.77. The number of aromatic nitrogens is 1. The van der Waals surface area contributed by atoms with E-state index < -0.39 is 119 Å². The quantitative estimate of drug-likeness (QED) is 0.0239. The summed E-state index contributed by atoms with van der Waals surface area (Å²) in [5, 5.41) is 48.7. The van der Waals surface area contributed by atoms with Crippen LogP contribution in [-0.4, -0.2) is 124 Å². The van der Waals surface area contributed by atoms with E-state index >= 15 is 0 Å². The maximum atomic E-state index is 14.9. The number of ketones is 1. The number of phenols is 2. The van der Waals surface area contributed by atoms with Gasteiger partial charge in [0.1, 0.15) is 52.8 Å². The predicted octanol–water partition coefficient (Wildman–Crippen LogP) is 5.79. The monoisotopic (exact) mass is 1050 g/mol. The maximum absolute atomic E-state index is 14.9. The number of esters is 2. The Hall–Kier alpha value is -7.78. The van der Waals surface area contributed by atoms with Crippen LogP contribution in [-0.2, 0) is 42.9 Å². The molecule has 0 spiro atoms. The van der Waals surface area contributed by atoms with Gasteiger partial charge in [0.25, 0.3) is 11.7 Å². The Balaban J connectivity index is 1.31. The number of fused-ring (bicyclic) bond motifs is 14. The van der Waals surface area contributed by atoms with Crippen LogP contribution in [0.25, 0.3) is 33.3 Å². The molecule has 1 aliphatic carbocycles. The molecular formula is C55H64N4O17. The molecular weight excluding hydrogens is 989 g/mol. The summed E-state index contributed by atoms with van der Waals surface area (Å²) in [5.41, 5.74) is -1.33. The number of phenolic OH excluding ortho intramolecular Hbond substituents is 2. The zero-order valence-electron chi connectivity index (χ0n) is 43.8. The van der Waals surface area contributed by atoms with Crippen LogP contribution in [0.2, 0.25) is 0 Å². The van der Waals surface area contributed by atoms with Gasteiger partial charge in [-0.05, 0) is 38.3 Å². The zero-order valence-corrected chi connectivity index (χ0v) is 43.8. The van der Waals surface area contributed by atoms with E-state index in [9.17, 15) is 54.0 Å². The Morgan fingerprint density at radius 3 is 2.28 bits per heavy atom. The second-order valence-corrected chi connectivity index (χ2v) is 20.0. The number of hydrogen-bond acceptors (Lipinski definition) is 20. The molecule has 0 unspecified atom stereocenters. The van der Waals surface area contributed by atoms with Gasteiger partial charge in [-0.2, -0.15) is 0 Å². The summed E-state index contributed by atoms with van der Waals surface area (Å²) in [6.07, 6.45) is 4.79. The highest BCUT2D eigenvalue weighted by atomic mass is 16.7. The molecule has 5 N–H and O–H groups in total. The lowest BCUT2D eigenvalue weighted by atomic mass is 9.77. The Morgan fingerprint density at radius 2 is 1.62 bits per heavy atom. The largest absolute Gasteiger partial charge is 0.507 e. The Bertz CT molecular complexity index is 3090. The number of nitrogens with zero attached hydrogens (tertiary/aromatic N) is 3. The summed E-state index contributed by atoms with van der Waals surface area (Å²) >= 11 is 0. The van der Waals surface area contributed by atoms with Crippen LogP contribution in [0.5, 0.6) is 17.2 Å². The standard InChI is InChI=1S/C55H64N4O17/c1-26-14-19-73-55(10)53(69)42-40-41(48(67)32(7)51(42)76-55)49(68)45(57-54(70)28(3)13-11-12-27(2)46(65)30(5)47(66)31(6)50(29(26)4)74-34(9)62)52-44(40)56-43-37(63)21-36(22-38(43)75-52)59-17-15-58(16-18-59)33(8)71-25-72-39(64)20-35(23-60)24-61/h11-14,19,21-24,26-27,29-31,35,46-47,50,63,65-67H,8,15-18,20,25H2,1-7,9-10H3,(H,57,70)/b12-11+,19-14+,28-13-/t26-,27-,29+,30+,31+,46-,47+,50+,55-/m0/s1. The number of aliphatic hydroxyl groups is 2. The first-order valence-corrected chi connectivity index (χ1v) is 24.9. The van der Waals surface area contributed by atoms with E-state index in [2.05, 4.69) is 11.9 Å². The number of anilines is 2. The van der Waals surface area contributed by atoms with Crippen LogP contribution >= 0.6 is 0 Å². The molecule has 5 aliphatic heterocycles. The number of benzene rings is 3. The number of ether oxygens (including phenoxy) is 5. The van der Waals surface area contributed by atoms with E-state index in [1.807, 2.05) is 18.7 Å². The van der Waals surface area contributed by atoms with Crippen LogP contribution in [0, 0.1) is 42.4 Å². The first-order chi connectivity index (χ1) is 35.9. The summed E-state index contributed by atoms with van der Waals surface area (Å²) in [6.45, 7) is 19.2. The summed E-state index contributed by atoms with van der Waals surface area (Å²) in [6, 6.07) is 3.04. The van der Waals surface area contributed by atoms with Gasteiger partial charge >= 0.3 is 17.7 Å². The molecule has 6 aliphatic rings. The second kappa shape index (κ2) is 22.6. The van der Waals surface area contributed by atoms with Crippen molar-refractivity contribution in [2.24, 2.45) is 35.5 Å². The van der Waals surface area contributed by atoms with Gasteiger partial charge in [0.05, 0.1) is 41.8 Å². The molecule has 76 heavy (non-hydrogen) atoms. The molecule has 5 heterocycles. The number of allylic oxidation sites excluding steroid dienone is 3. The number of rotatable bonds is 10. The zero-order chi connectivity index (χ0) is 55.7. The van der Waals surface area contributed by atoms with Gasteiger partial charge in [-0.3, -0.25) is 24.0 Å². The predicted molar refractivity (Wildman–Crippen MR) is 276 cm³/mol. The molecule has 1 amide bonds. The third-order valence-corrected chi connectivity index (χ3v) is 14.8. The molecule has 2 aromatic rings. The lowest BCUT2D eigenvalue weighted by Gasteiger charge is -2.37. The van der Waals surface area contributed by atoms with E-state index in [1.54, 1.807) is 50.0 Å². The summed E-state index contributed by atoms with van der Waals surface area (Å²) < 4.78 is 35.1. The van der Waals surface area contributed by atoms with Crippen molar-refractivity contribution < 1.29 is 77.3 Å². The average Bonchev–Trinajstić information content (AvgIpc) is 3.75. The van der Waals surface area contributed by atoms with Crippen LogP contribution in [0.3, 0.4) is 0 Å². The van der Waals surface area contributed by atoms with Crippen molar-refractivity contribution in [3.8, 4) is 28.7 Å². The van der Waals surface area contributed by atoms with Gasteiger partial charge in [-0.1, -0.05) is 52.8 Å². The molecule has 9 atom stereocenters. The topological polar surface area (TPSA) is 291 Å². The van der Waals surface area contributed by atoms with E-state index in [0.717, 1.165) is 0 Å².